The van der Waals surface area contributed by atoms with Gasteiger partial charge in [-0.3, -0.25) is 0 Å². The van der Waals surface area contributed by atoms with E-state index in [1.807, 2.05) is 0 Å². The first-order valence-electron chi connectivity index (χ1n) is 9.62. The molecule has 4 aromatic carbocycles. The molecule has 0 aromatic heterocycles. The van der Waals surface area contributed by atoms with Crippen molar-refractivity contribution in [3.8, 4) is 0 Å². The van der Waals surface area contributed by atoms with Crippen LogP contribution in [-0.2, 0) is 27.1 Å². The molecule has 0 atom stereocenters. The van der Waals surface area contributed by atoms with Gasteiger partial charge in [0.25, 0.3) is 0 Å². The second-order valence-electron chi connectivity index (χ2n) is 7.08. The molecule has 0 aliphatic heterocycles. The summed E-state index contributed by atoms with van der Waals surface area (Å²) in [6, 6.07) is 35.5. The van der Waals surface area contributed by atoms with Crippen LogP contribution >= 0.6 is 37.2 Å². The SMILES string of the molecule is CCCCC(c1ccccc1)(c1ccccc1)[c-]1ccc2ccccc21.Cl.Cl.Cl.[Ti]. The second-order valence-corrected chi connectivity index (χ2v) is 7.08. The summed E-state index contributed by atoms with van der Waals surface area (Å²) in [6.07, 6.45) is 3.51. The van der Waals surface area contributed by atoms with E-state index in [1.165, 1.54) is 40.3 Å². The third kappa shape index (κ3) is 5.36. The van der Waals surface area contributed by atoms with Crippen molar-refractivity contribution in [3.05, 3.63) is 114 Å². The first-order valence-corrected chi connectivity index (χ1v) is 9.62. The van der Waals surface area contributed by atoms with Crippen LogP contribution in [0.4, 0.5) is 0 Å². The molecular weight excluding hydrogens is 467 g/mol. The molecule has 4 heteroatoms. The van der Waals surface area contributed by atoms with Crippen LogP contribution in [0.1, 0.15) is 42.9 Å². The second kappa shape index (κ2) is 13.3. The smallest absolute Gasteiger partial charge is 0.0115 e. The van der Waals surface area contributed by atoms with E-state index < -0.39 is 0 Å². The minimum atomic E-state index is -0.109. The molecule has 0 saturated heterocycles. The van der Waals surface area contributed by atoms with Crippen molar-refractivity contribution in [2.45, 2.75) is 31.6 Å². The number of rotatable bonds is 6. The molecule has 0 unspecified atom stereocenters. The zero-order valence-electron chi connectivity index (χ0n) is 17.1. The van der Waals surface area contributed by atoms with Crippen molar-refractivity contribution >= 4 is 48.0 Å². The van der Waals surface area contributed by atoms with Crippen molar-refractivity contribution in [2.75, 3.05) is 0 Å². The Morgan fingerprint density at radius 3 is 1.70 bits per heavy atom. The third-order valence-electron chi connectivity index (χ3n) is 5.58. The van der Waals surface area contributed by atoms with E-state index >= 15 is 0 Å². The van der Waals surface area contributed by atoms with E-state index in [9.17, 15) is 0 Å². The summed E-state index contributed by atoms with van der Waals surface area (Å²) in [7, 11) is 0. The Balaban J connectivity index is 0.00000210. The van der Waals surface area contributed by atoms with Gasteiger partial charge in [-0.2, -0.15) is 6.07 Å². The summed E-state index contributed by atoms with van der Waals surface area (Å²) in [6.45, 7) is 2.28. The Morgan fingerprint density at radius 2 is 1.17 bits per heavy atom. The molecule has 0 spiro atoms. The van der Waals surface area contributed by atoms with Gasteiger partial charge in [-0.05, 0) is 17.5 Å². The predicted octanol–water partition coefficient (Wildman–Crippen LogP) is 8.35. The normalized spacial score (nSPS) is 10.2. The fraction of sp³-hybridized carbons (Fsp3) is 0.192. The van der Waals surface area contributed by atoms with Gasteiger partial charge in [0.05, 0.1) is 0 Å². The molecule has 0 saturated carbocycles. The monoisotopic (exact) mass is 493 g/mol. The number of fused-ring (bicyclic) bond motifs is 1. The van der Waals surface area contributed by atoms with Crippen molar-refractivity contribution in [3.63, 3.8) is 0 Å². The fourth-order valence-corrected chi connectivity index (χ4v) is 4.31. The third-order valence-corrected chi connectivity index (χ3v) is 5.58. The van der Waals surface area contributed by atoms with Gasteiger partial charge in [0.15, 0.2) is 0 Å². The van der Waals surface area contributed by atoms with E-state index in [4.69, 9.17) is 0 Å². The minimum absolute atomic E-state index is 0. The Bertz CT molecular complexity index is 941. The molecule has 0 aliphatic rings. The minimum Gasteiger partial charge on any atom is -0.168 e. The summed E-state index contributed by atoms with van der Waals surface area (Å²) >= 11 is 0. The molecule has 0 fully saturated rings. The van der Waals surface area contributed by atoms with E-state index in [0.717, 1.165) is 6.42 Å². The van der Waals surface area contributed by atoms with Gasteiger partial charge in [0.2, 0.25) is 0 Å². The number of unbranched alkanes of at least 4 members (excludes halogenated alkanes) is 1. The topological polar surface area (TPSA) is 0 Å². The Morgan fingerprint density at radius 1 is 0.667 bits per heavy atom. The van der Waals surface area contributed by atoms with Crippen LogP contribution in [0.15, 0.2) is 97.1 Å². The number of hydrogen-bond acceptors (Lipinski definition) is 0. The summed E-state index contributed by atoms with van der Waals surface area (Å²) in [5.41, 5.74) is 4.09. The molecule has 0 aliphatic carbocycles. The molecule has 0 nitrogen and oxygen atoms in total. The number of halogens is 3. The summed E-state index contributed by atoms with van der Waals surface area (Å²) < 4.78 is 0. The van der Waals surface area contributed by atoms with Crippen molar-refractivity contribution in [2.24, 2.45) is 0 Å². The van der Waals surface area contributed by atoms with Gasteiger partial charge >= 0.3 is 0 Å². The molecule has 30 heavy (non-hydrogen) atoms. The van der Waals surface area contributed by atoms with Crippen LogP contribution in [0, 0.1) is 0 Å². The maximum absolute atomic E-state index is 2.35. The average Bonchev–Trinajstić information content (AvgIpc) is 3.15. The zero-order chi connectivity index (χ0) is 17.8. The first kappa shape index (κ1) is 28.9. The van der Waals surface area contributed by atoms with Crippen LogP contribution < -0.4 is 0 Å². The summed E-state index contributed by atoms with van der Waals surface area (Å²) in [5, 5.41) is 2.70. The first-order chi connectivity index (χ1) is 12.9. The maximum atomic E-state index is 2.35. The molecular formula is C26H28Cl3Ti-. The van der Waals surface area contributed by atoms with Crippen molar-refractivity contribution in [1.82, 2.24) is 0 Å². The molecule has 0 N–H and O–H groups in total. The number of hydrogen-bond donors (Lipinski definition) is 0. The van der Waals surface area contributed by atoms with Gasteiger partial charge in [-0.25, -0.2) is 0 Å². The summed E-state index contributed by atoms with van der Waals surface area (Å²) in [4.78, 5) is 0. The Hall–Kier alpha value is -1.15. The van der Waals surface area contributed by atoms with Gasteiger partial charge < -0.3 is 0 Å². The largest absolute Gasteiger partial charge is 0.168 e. The van der Waals surface area contributed by atoms with Crippen LogP contribution in [0.3, 0.4) is 0 Å². The fourth-order valence-electron chi connectivity index (χ4n) is 4.31. The molecule has 0 radical (unpaired) electrons. The standard InChI is InChI=1S/C26H25.3ClH.Ti/c1-2-3-20-26(22-13-6-4-7-14-22,23-15-8-5-9-16-23)25-19-18-21-12-10-11-17-24(21)25;;;;/h4-19H,2-3,20H2,1H3;3*1H;/q-1;;;;. The van der Waals surface area contributed by atoms with Crippen LogP contribution in [0.25, 0.3) is 10.8 Å². The van der Waals surface area contributed by atoms with Crippen LogP contribution in [0.5, 0.6) is 0 Å². The van der Waals surface area contributed by atoms with Gasteiger partial charge in [0, 0.05) is 27.1 Å². The molecule has 0 heterocycles. The van der Waals surface area contributed by atoms with Gasteiger partial charge in [0.1, 0.15) is 0 Å². The molecule has 4 aromatic rings. The van der Waals surface area contributed by atoms with Gasteiger partial charge in [-0.15, -0.1) is 77.8 Å². The van der Waals surface area contributed by atoms with Gasteiger partial charge in [-0.1, -0.05) is 86.5 Å². The van der Waals surface area contributed by atoms with Crippen molar-refractivity contribution in [1.29, 1.82) is 0 Å². The molecule has 158 valence electrons. The maximum Gasteiger partial charge on any atom is 0.0115 e. The zero-order valence-corrected chi connectivity index (χ0v) is 21.1. The quantitative estimate of drug-likeness (QED) is 0.187. The molecule has 4 rings (SSSR count). The average molecular weight is 495 g/mol. The van der Waals surface area contributed by atoms with Crippen molar-refractivity contribution < 1.29 is 21.7 Å². The summed E-state index contributed by atoms with van der Waals surface area (Å²) in [5.74, 6) is 0. The van der Waals surface area contributed by atoms with Crippen LogP contribution in [0.2, 0.25) is 0 Å². The van der Waals surface area contributed by atoms with E-state index in [-0.39, 0.29) is 64.4 Å². The molecule has 0 amide bonds. The number of benzene rings is 3. The van der Waals surface area contributed by atoms with E-state index in [1.54, 1.807) is 0 Å². The predicted molar refractivity (Wildman–Crippen MR) is 134 cm³/mol. The Labute approximate surface area is 214 Å². The van der Waals surface area contributed by atoms with E-state index in [0.29, 0.717) is 0 Å². The Kier molecular flexibility index (Phi) is 12.8. The van der Waals surface area contributed by atoms with E-state index in [2.05, 4.69) is 104 Å². The molecule has 0 bridgehead atoms. The van der Waals surface area contributed by atoms with Crippen LogP contribution in [-0.4, -0.2) is 0 Å².